The van der Waals surface area contributed by atoms with Crippen molar-refractivity contribution in [3.8, 4) is 0 Å². The Labute approximate surface area is 169 Å². The quantitative estimate of drug-likeness (QED) is 0.635. The standard InChI is InChI=1S/C22H26N2O5/c1-22(14-19(25)26,15-6-3-2-4-7-15)21(28)24-17-11-9-16(10-12-17)23-20(27)18-8-5-13-29-18/h5,8-13,15H,2-4,6-7,14H2,1H3,(H,23,27)(H,24,28)(H,25,26). The summed E-state index contributed by atoms with van der Waals surface area (Å²) in [5.74, 6) is -1.35. The molecule has 1 unspecified atom stereocenters. The van der Waals surface area contributed by atoms with E-state index in [9.17, 15) is 19.5 Å². The van der Waals surface area contributed by atoms with Crippen molar-refractivity contribution in [1.82, 2.24) is 0 Å². The SMILES string of the molecule is CC(CC(=O)O)(C(=O)Nc1ccc(NC(=O)c2ccco2)cc1)C1CCCCC1. The zero-order chi connectivity index (χ0) is 20.9. The van der Waals surface area contributed by atoms with E-state index in [-0.39, 0.29) is 29.9 Å². The van der Waals surface area contributed by atoms with Crippen molar-refractivity contribution in [3.63, 3.8) is 0 Å². The van der Waals surface area contributed by atoms with E-state index < -0.39 is 11.4 Å². The van der Waals surface area contributed by atoms with Crippen LogP contribution in [0, 0.1) is 11.3 Å². The van der Waals surface area contributed by atoms with Crippen LogP contribution in [0.4, 0.5) is 11.4 Å². The number of aliphatic carboxylic acids is 1. The van der Waals surface area contributed by atoms with Crippen LogP contribution >= 0.6 is 0 Å². The highest BCUT2D eigenvalue weighted by molar-refractivity contribution is 6.02. The predicted octanol–water partition coefficient (Wildman–Crippen LogP) is 4.53. The fraction of sp³-hybridized carbons (Fsp3) is 0.409. The van der Waals surface area contributed by atoms with Gasteiger partial charge in [0.2, 0.25) is 5.91 Å². The summed E-state index contributed by atoms with van der Waals surface area (Å²) in [6.45, 7) is 1.75. The number of carbonyl (C=O) groups is 3. The first-order chi connectivity index (χ1) is 13.9. The lowest BCUT2D eigenvalue weighted by molar-refractivity contribution is -0.145. The van der Waals surface area contributed by atoms with E-state index in [1.807, 2.05) is 0 Å². The molecule has 3 rings (SSSR count). The normalized spacial score (nSPS) is 16.6. The topological polar surface area (TPSA) is 109 Å². The fourth-order valence-electron chi connectivity index (χ4n) is 3.98. The molecule has 7 heteroatoms. The number of carbonyl (C=O) groups excluding carboxylic acids is 2. The van der Waals surface area contributed by atoms with Crippen molar-refractivity contribution in [2.75, 3.05) is 10.6 Å². The van der Waals surface area contributed by atoms with Crippen molar-refractivity contribution >= 4 is 29.2 Å². The van der Waals surface area contributed by atoms with Crippen molar-refractivity contribution in [1.29, 1.82) is 0 Å². The summed E-state index contributed by atoms with van der Waals surface area (Å²) in [7, 11) is 0. The van der Waals surface area contributed by atoms with Crippen LogP contribution < -0.4 is 10.6 Å². The Bertz CT molecular complexity index is 854. The third kappa shape index (κ3) is 5.04. The summed E-state index contributed by atoms with van der Waals surface area (Å²) in [6, 6.07) is 9.90. The van der Waals surface area contributed by atoms with Gasteiger partial charge in [-0.15, -0.1) is 0 Å². The van der Waals surface area contributed by atoms with Gasteiger partial charge in [-0.3, -0.25) is 14.4 Å². The smallest absolute Gasteiger partial charge is 0.304 e. The Morgan fingerprint density at radius 3 is 2.21 bits per heavy atom. The van der Waals surface area contributed by atoms with Gasteiger partial charge in [-0.05, 0) is 62.1 Å². The van der Waals surface area contributed by atoms with Crippen molar-refractivity contribution in [3.05, 3.63) is 48.4 Å². The molecule has 1 fully saturated rings. The highest BCUT2D eigenvalue weighted by atomic mass is 16.4. The highest BCUT2D eigenvalue weighted by Gasteiger charge is 2.43. The van der Waals surface area contributed by atoms with Crippen LogP contribution in [-0.2, 0) is 9.59 Å². The number of amides is 2. The van der Waals surface area contributed by atoms with Crippen LogP contribution in [-0.4, -0.2) is 22.9 Å². The molecule has 1 atom stereocenters. The summed E-state index contributed by atoms with van der Waals surface area (Å²) in [5.41, 5.74) is 0.154. The maximum atomic E-state index is 13.0. The average molecular weight is 398 g/mol. The van der Waals surface area contributed by atoms with E-state index in [0.29, 0.717) is 11.4 Å². The van der Waals surface area contributed by atoms with Gasteiger partial charge < -0.3 is 20.2 Å². The van der Waals surface area contributed by atoms with Crippen molar-refractivity contribution in [2.45, 2.75) is 45.4 Å². The predicted molar refractivity (Wildman–Crippen MR) is 109 cm³/mol. The minimum atomic E-state index is -0.968. The molecule has 0 spiro atoms. The number of benzene rings is 1. The molecule has 0 bridgehead atoms. The van der Waals surface area contributed by atoms with Gasteiger partial charge >= 0.3 is 5.97 Å². The number of hydrogen-bond acceptors (Lipinski definition) is 4. The van der Waals surface area contributed by atoms with Crippen LogP contribution in [0.1, 0.15) is 56.0 Å². The third-order valence-electron chi connectivity index (χ3n) is 5.69. The maximum Gasteiger partial charge on any atom is 0.304 e. The van der Waals surface area contributed by atoms with Gasteiger partial charge in [-0.1, -0.05) is 19.3 Å². The zero-order valence-electron chi connectivity index (χ0n) is 16.4. The molecule has 0 saturated heterocycles. The summed E-state index contributed by atoms with van der Waals surface area (Å²) in [5, 5.41) is 14.9. The fourth-order valence-corrected chi connectivity index (χ4v) is 3.98. The Morgan fingerprint density at radius 2 is 1.66 bits per heavy atom. The summed E-state index contributed by atoms with van der Waals surface area (Å²) in [4.78, 5) is 36.5. The van der Waals surface area contributed by atoms with E-state index in [1.165, 1.54) is 6.26 Å². The molecular formula is C22H26N2O5. The second-order valence-corrected chi connectivity index (χ2v) is 7.79. The molecule has 7 nitrogen and oxygen atoms in total. The molecule has 1 aliphatic rings. The van der Waals surface area contributed by atoms with Crippen molar-refractivity contribution in [2.24, 2.45) is 11.3 Å². The number of rotatable bonds is 7. The van der Waals surface area contributed by atoms with Gasteiger partial charge in [0.25, 0.3) is 5.91 Å². The molecule has 0 radical (unpaired) electrons. The van der Waals surface area contributed by atoms with Gasteiger partial charge in [0.05, 0.1) is 18.1 Å². The van der Waals surface area contributed by atoms with E-state index >= 15 is 0 Å². The number of carboxylic acid groups (broad SMARTS) is 1. The van der Waals surface area contributed by atoms with Gasteiger partial charge in [-0.2, -0.15) is 0 Å². The Hall–Kier alpha value is -3.09. The molecule has 0 aliphatic heterocycles. The average Bonchev–Trinajstić information content (AvgIpc) is 3.24. The first-order valence-corrected chi connectivity index (χ1v) is 9.86. The molecular weight excluding hydrogens is 372 g/mol. The number of nitrogens with one attached hydrogen (secondary N) is 2. The molecule has 1 aliphatic carbocycles. The largest absolute Gasteiger partial charge is 0.481 e. The van der Waals surface area contributed by atoms with E-state index in [1.54, 1.807) is 43.3 Å². The third-order valence-corrected chi connectivity index (χ3v) is 5.69. The Balaban J connectivity index is 1.67. The first-order valence-electron chi connectivity index (χ1n) is 9.86. The number of hydrogen-bond donors (Lipinski definition) is 3. The zero-order valence-corrected chi connectivity index (χ0v) is 16.4. The van der Waals surface area contributed by atoms with Crippen LogP contribution in [0.5, 0.6) is 0 Å². The van der Waals surface area contributed by atoms with Gasteiger partial charge in [0, 0.05) is 11.4 Å². The second-order valence-electron chi connectivity index (χ2n) is 7.79. The molecule has 1 aromatic carbocycles. The summed E-state index contributed by atoms with van der Waals surface area (Å²) in [6.07, 6.45) is 6.15. The van der Waals surface area contributed by atoms with Crippen molar-refractivity contribution < 1.29 is 23.9 Å². The van der Waals surface area contributed by atoms with Crippen LogP contribution in [0.3, 0.4) is 0 Å². The molecule has 1 saturated carbocycles. The lowest BCUT2D eigenvalue weighted by Gasteiger charge is -2.37. The van der Waals surface area contributed by atoms with Gasteiger partial charge in [0.1, 0.15) is 0 Å². The summed E-state index contributed by atoms with van der Waals surface area (Å²) >= 11 is 0. The van der Waals surface area contributed by atoms with Gasteiger partial charge in [-0.25, -0.2) is 0 Å². The van der Waals surface area contributed by atoms with Crippen LogP contribution in [0.15, 0.2) is 47.1 Å². The monoisotopic (exact) mass is 398 g/mol. The van der Waals surface area contributed by atoms with E-state index in [4.69, 9.17) is 4.42 Å². The minimum absolute atomic E-state index is 0.0548. The van der Waals surface area contributed by atoms with Gasteiger partial charge in [0.15, 0.2) is 5.76 Å². The summed E-state index contributed by atoms with van der Waals surface area (Å²) < 4.78 is 5.05. The molecule has 2 amide bonds. The maximum absolute atomic E-state index is 13.0. The van der Waals surface area contributed by atoms with Crippen LogP contribution in [0.2, 0.25) is 0 Å². The molecule has 1 aromatic heterocycles. The lowest BCUT2D eigenvalue weighted by Crippen LogP contribution is -2.42. The second kappa shape index (κ2) is 8.94. The number of anilines is 2. The molecule has 2 aromatic rings. The lowest BCUT2D eigenvalue weighted by atomic mass is 9.67. The molecule has 29 heavy (non-hydrogen) atoms. The van der Waals surface area contributed by atoms with E-state index in [0.717, 1.165) is 32.1 Å². The van der Waals surface area contributed by atoms with E-state index in [2.05, 4.69) is 10.6 Å². The number of carboxylic acids is 1. The minimum Gasteiger partial charge on any atom is -0.481 e. The Kier molecular flexibility index (Phi) is 6.36. The molecule has 1 heterocycles. The molecule has 154 valence electrons. The van der Waals surface area contributed by atoms with Crippen LogP contribution in [0.25, 0.3) is 0 Å². The number of furan rings is 1. The Morgan fingerprint density at radius 1 is 1.03 bits per heavy atom. The highest BCUT2D eigenvalue weighted by Crippen LogP contribution is 2.42. The first kappa shape index (κ1) is 20.6. The molecule has 3 N–H and O–H groups in total.